The van der Waals surface area contributed by atoms with Crippen LogP contribution < -0.4 is 4.57 Å². The lowest BCUT2D eigenvalue weighted by Crippen LogP contribution is -2.30. The van der Waals surface area contributed by atoms with Gasteiger partial charge in [-0.05, 0) is 31.6 Å². The average molecular weight is 336 g/mol. The van der Waals surface area contributed by atoms with Crippen molar-refractivity contribution in [1.82, 2.24) is 4.57 Å². The topological polar surface area (TPSA) is 8.81 Å². The molecule has 0 saturated heterocycles. The maximum Gasteiger partial charge on any atom is 0.243 e. The fourth-order valence-corrected chi connectivity index (χ4v) is 3.33. The number of nitrogens with zero attached hydrogens (tertiary/aromatic N) is 2. The van der Waals surface area contributed by atoms with Crippen molar-refractivity contribution < 1.29 is 4.57 Å². The molecule has 1 aromatic heterocycles. The molecule has 0 aromatic carbocycles. The summed E-state index contributed by atoms with van der Waals surface area (Å²) in [6.45, 7) is 9.31. The zero-order valence-electron chi connectivity index (χ0n) is 16.8. The second-order valence-electron chi connectivity index (χ2n) is 7.96. The third-order valence-electron chi connectivity index (χ3n) is 4.96. The van der Waals surface area contributed by atoms with Crippen LogP contribution in [0.15, 0.2) is 18.7 Å². The minimum Gasteiger partial charge on any atom is -0.237 e. The Morgan fingerprint density at radius 1 is 0.792 bits per heavy atom. The van der Waals surface area contributed by atoms with Gasteiger partial charge >= 0.3 is 0 Å². The molecule has 0 spiro atoms. The molecule has 2 nitrogen and oxygen atoms in total. The number of hydrogen-bond acceptors (Lipinski definition) is 0. The van der Waals surface area contributed by atoms with Gasteiger partial charge in [0.25, 0.3) is 0 Å². The molecule has 2 heteroatoms. The van der Waals surface area contributed by atoms with E-state index in [1.54, 1.807) is 0 Å². The first-order valence-electron chi connectivity index (χ1n) is 10.8. The summed E-state index contributed by atoms with van der Waals surface area (Å²) in [7, 11) is 0. The molecular formula is C22H43N2+. The van der Waals surface area contributed by atoms with Crippen molar-refractivity contribution >= 4 is 0 Å². The number of imidazole rings is 1. The van der Waals surface area contributed by atoms with Crippen LogP contribution in [0.3, 0.4) is 0 Å². The summed E-state index contributed by atoms with van der Waals surface area (Å²) < 4.78 is 4.73. The summed E-state index contributed by atoms with van der Waals surface area (Å²) in [6, 6.07) is 0. The summed E-state index contributed by atoms with van der Waals surface area (Å²) in [6.07, 6.45) is 24.9. The Morgan fingerprint density at radius 3 is 2.08 bits per heavy atom. The fourth-order valence-electron chi connectivity index (χ4n) is 3.33. The van der Waals surface area contributed by atoms with Crippen LogP contribution in [0.5, 0.6) is 0 Å². The van der Waals surface area contributed by atoms with Crippen molar-refractivity contribution in [3.63, 3.8) is 0 Å². The molecule has 140 valence electrons. The first kappa shape index (κ1) is 21.3. The molecule has 1 heterocycles. The van der Waals surface area contributed by atoms with Crippen LogP contribution in [-0.4, -0.2) is 4.57 Å². The van der Waals surface area contributed by atoms with E-state index in [1.165, 1.54) is 96.6 Å². The third-order valence-corrected chi connectivity index (χ3v) is 4.96. The van der Waals surface area contributed by atoms with Crippen molar-refractivity contribution in [3.8, 4) is 0 Å². The largest absolute Gasteiger partial charge is 0.243 e. The van der Waals surface area contributed by atoms with E-state index in [9.17, 15) is 0 Å². The molecule has 0 bridgehead atoms. The van der Waals surface area contributed by atoms with Crippen molar-refractivity contribution in [3.05, 3.63) is 18.7 Å². The molecule has 1 aromatic rings. The zero-order chi connectivity index (χ0) is 17.5. The summed E-state index contributed by atoms with van der Waals surface area (Å²) >= 11 is 0. The van der Waals surface area contributed by atoms with Gasteiger partial charge in [0.2, 0.25) is 6.33 Å². The van der Waals surface area contributed by atoms with Crippen molar-refractivity contribution in [2.24, 2.45) is 5.92 Å². The Morgan fingerprint density at radius 2 is 1.42 bits per heavy atom. The fraction of sp³-hybridized carbons (Fsp3) is 0.864. The second-order valence-corrected chi connectivity index (χ2v) is 7.96. The molecule has 0 aliphatic heterocycles. The third kappa shape index (κ3) is 11.7. The van der Waals surface area contributed by atoms with Crippen LogP contribution in [0.25, 0.3) is 0 Å². The van der Waals surface area contributed by atoms with E-state index in [-0.39, 0.29) is 0 Å². The summed E-state index contributed by atoms with van der Waals surface area (Å²) in [5, 5.41) is 0. The van der Waals surface area contributed by atoms with Gasteiger partial charge in [-0.2, -0.15) is 0 Å². The molecule has 0 fully saturated rings. The smallest absolute Gasteiger partial charge is 0.237 e. The van der Waals surface area contributed by atoms with Gasteiger partial charge in [0, 0.05) is 0 Å². The predicted octanol–water partition coefficient (Wildman–Crippen LogP) is 6.52. The number of aryl methyl sites for hydroxylation is 2. The Labute approximate surface area is 151 Å². The van der Waals surface area contributed by atoms with Gasteiger partial charge in [0.15, 0.2) is 0 Å². The van der Waals surface area contributed by atoms with Crippen LogP contribution in [0.4, 0.5) is 0 Å². The molecular weight excluding hydrogens is 292 g/mol. The predicted molar refractivity (Wildman–Crippen MR) is 105 cm³/mol. The van der Waals surface area contributed by atoms with Crippen molar-refractivity contribution in [2.75, 3.05) is 0 Å². The molecule has 0 aliphatic rings. The van der Waals surface area contributed by atoms with Gasteiger partial charge in [-0.3, -0.25) is 0 Å². The van der Waals surface area contributed by atoms with Crippen LogP contribution >= 0.6 is 0 Å². The van der Waals surface area contributed by atoms with E-state index < -0.39 is 0 Å². The lowest BCUT2D eigenvalue weighted by atomic mass is 10.1. The van der Waals surface area contributed by atoms with E-state index in [0.29, 0.717) is 0 Å². The highest BCUT2D eigenvalue weighted by atomic mass is 15.1. The first-order chi connectivity index (χ1) is 11.7. The van der Waals surface area contributed by atoms with E-state index in [4.69, 9.17) is 0 Å². The lowest BCUT2D eigenvalue weighted by molar-refractivity contribution is -0.696. The monoisotopic (exact) mass is 335 g/mol. The highest BCUT2D eigenvalue weighted by molar-refractivity contribution is 4.66. The van der Waals surface area contributed by atoms with Gasteiger partial charge in [0.1, 0.15) is 12.4 Å². The molecule has 0 aliphatic carbocycles. The summed E-state index contributed by atoms with van der Waals surface area (Å²) in [5.41, 5.74) is 0. The van der Waals surface area contributed by atoms with Crippen molar-refractivity contribution in [1.29, 1.82) is 0 Å². The second kappa shape index (κ2) is 14.5. The molecule has 0 radical (unpaired) electrons. The highest BCUT2D eigenvalue weighted by Gasteiger charge is 2.03. The maximum absolute atomic E-state index is 2.37. The Balaban J connectivity index is 1.96. The number of aromatic nitrogens is 2. The summed E-state index contributed by atoms with van der Waals surface area (Å²) in [5.74, 6) is 0.857. The number of hydrogen-bond donors (Lipinski definition) is 0. The Kier molecular flexibility index (Phi) is 12.9. The van der Waals surface area contributed by atoms with Gasteiger partial charge in [-0.25, -0.2) is 9.13 Å². The molecule has 0 unspecified atom stereocenters. The van der Waals surface area contributed by atoms with Crippen LogP contribution in [0.1, 0.15) is 104 Å². The average Bonchev–Trinajstić information content (AvgIpc) is 3.00. The maximum atomic E-state index is 2.37. The minimum atomic E-state index is 0.857. The molecule has 0 atom stereocenters. The molecule has 24 heavy (non-hydrogen) atoms. The van der Waals surface area contributed by atoms with E-state index >= 15 is 0 Å². The van der Waals surface area contributed by atoms with Crippen LogP contribution in [0, 0.1) is 5.92 Å². The summed E-state index contributed by atoms with van der Waals surface area (Å²) in [4.78, 5) is 0. The quantitative estimate of drug-likeness (QED) is 0.240. The standard InChI is InChI=1S/C22H43N2/c1-4-5-6-7-8-9-10-11-14-17-23-19-20-24(21-23)18-15-12-13-16-22(2)3/h19-22H,4-18H2,1-3H3/q+1. The SMILES string of the molecule is CCCCCCCCCCCn1cc[n+](CCCCCC(C)C)c1. The van der Waals surface area contributed by atoms with E-state index in [2.05, 4.69) is 48.6 Å². The van der Waals surface area contributed by atoms with E-state index in [1.807, 2.05) is 0 Å². The molecule has 0 N–H and O–H groups in total. The Hall–Kier alpha value is -0.790. The van der Waals surface area contributed by atoms with Crippen LogP contribution in [-0.2, 0) is 13.1 Å². The molecule has 0 saturated carbocycles. The normalized spacial score (nSPS) is 11.5. The number of unbranched alkanes of at least 4 members (excludes halogenated alkanes) is 10. The van der Waals surface area contributed by atoms with Gasteiger partial charge < -0.3 is 0 Å². The number of rotatable bonds is 16. The first-order valence-corrected chi connectivity index (χ1v) is 10.8. The van der Waals surface area contributed by atoms with Gasteiger partial charge in [-0.15, -0.1) is 0 Å². The van der Waals surface area contributed by atoms with Crippen molar-refractivity contribution in [2.45, 2.75) is 117 Å². The highest BCUT2D eigenvalue weighted by Crippen LogP contribution is 2.10. The van der Waals surface area contributed by atoms with Gasteiger partial charge in [0.05, 0.1) is 13.1 Å². The minimum absolute atomic E-state index is 0.857. The van der Waals surface area contributed by atoms with E-state index in [0.717, 1.165) is 5.92 Å². The van der Waals surface area contributed by atoms with Gasteiger partial charge in [-0.1, -0.05) is 78.6 Å². The molecule has 0 amide bonds. The lowest BCUT2D eigenvalue weighted by Gasteiger charge is -2.03. The molecule has 1 rings (SSSR count). The van der Waals surface area contributed by atoms with Crippen LogP contribution in [0.2, 0.25) is 0 Å². The zero-order valence-corrected chi connectivity index (χ0v) is 16.8. The Bertz CT molecular complexity index is 381.